The Bertz CT molecular complexity index is 870. The van der Waals surface area contributed by atoms with Gasteiger partial charge < -0.3 is 5.11 Å². The van der Waals surface area contributed by atoms with Gasteiger partial charge in [-0.1, -0.05) is 66.7 Å². The van der Waals surface area contributed by atoms with Crippen LogP contribution in [-0.4, -0.2) is 16.6 Å². The van der Waals surface area contributed by atoms with Crippen LogP contribution in [0.25, 0.3) is 0 Å². The zero-order chi connectivity index (χ0) is 19.2. The molecule has 0 radical (unpaired) electrons. The molecule has 0 saturated carbocycles. The summed E-state index contributed by atoms with van der Waals surface area (Å²) >= 11 is 3.28. The first-order valence-electron chi connectivity index (χ1n) is 8.97. The van der Waals surface area contributed by atoms with Gasteiger partial charge in [-0.15, -0.1) is 0 Å². The summed E-state index contributed by atoms with van der Waals surface area (Å²) in [6, 6.07) is 23.3. The molecule has 1 atom stereocenters. The molecule has 3 aromatic carbocycles. The normalized spacial score (nSPS) is 12.3. The van der Waals surface area contributed by atoms with Crippen molar-refractivity contribution in [2.45, 2.75) is 26.1 Å². The first-order valence-corrected chi connectivity index (χ1v) is 9.76. The van der Waals surface area contributed by atoms with E-state index in [1.807, 2.05) is 73.7 Å². The van der Waals surface area contributed by atoms with E-state index in [0.29, 0.717) is 29.7 Å². The fraction of sp³-hybridized carbons (Fsp3) is 0.217. The first-order chi connectivity index (χ1) is 13.0. The summed E-state index contributed by atoms with van der Waals surface area (Å²) in [7, 11) is 0. The molecule has 0 heterocycles. The van der Waals surface area contributed by atoms with Gasteiger partial charge >= 0.3 is 0 Å². The summed E-state index contributed by atoms with van der Waals surface area (Å²) in [6.07, 6.45) is -0.634. The van der Waals surface area contributed by atoms with Crippen LogP contribution in [0.5, 0.6) is 0 Å². The molecule has 3 aromatic rings. The van der Waals surface area contributed by atoms with Gasteiger partial charge in [0.25, 0.3) is 0 Å². The van der Waals surface area contributed by atoms with Crippen LogP contribution in [0.1, 0.15) is 28.4 Å². The lowest BCUT2D eigenvalue weighted by Crippen LogP contribution is -2.29. The van der Waals surface area contributed by atoms with E-state index in [9.17, 15) is 9.50 Å². The third-order valence-corrected chi connectivity index (χ3v) is 5.29. The highest BCUT2D eigenvalue weighted by Crippen LogP contribution is 2.25. The van der Waals surface area contributed by atoms with Gasteiger partial charge in [-0.2, -0.15) is 0 Å². The van der Waals surface area contributed by atoms with Crippen molar-refractivity contribution in [3.63, 3.8) is 0 Å². The lowest BCUT2D eigenvalue weighted by molar-refractivity contribution is 0.104. The number of halogens is 2. The summed E-state index contributed by atoms with van der Waals surface area (Å²) in [5.41, 5.74) is 3.55. The van der Waals surface area contributed by atoms with Crippen LogP contribution >= 0.6 is 15.9 Å². The van der Waals surface area contributed by atoms with E-state index in [1.54, 1.807) is 6.07 Å². The van der Waals surface area contributed by atoms with E-state index < -0.39 is 6.10 Å². The van der Waals surface area contributed by atoms with E-state index in [1.165, 1.54) is 0 Å². The number of aryl methyl sites for hydroxylation is 1. The number of nitrogens with zero attached hydrogens (tertiary/aromatic N) is 1. The molecule has 0 amide bonds. The maximum atomic E-state index is 14.7. The number of aliphatic hydroxyl groups is 1. The van der Waals surface area contributed by atoms with Crippen LogP contribution < -0.4 is 0 Å². The van der Waals surface area contributed by atoms with Gasteiger partial charge in [0.2, 0.25) is 0 Å². The zero-order valence-electron chi connectivity index (χ0n) is 15.3. The monoisotopic (exact) mass is 427 g/mol. The molecular formula is C23H23BrFNO. The molecule has 2 nitrogen and oxygen atoms in total. The molecule has 0 aliphatic heterocycles. The molecule has 0 aromatic heterocycles. The second kappa shape index (κ2) is 9.27. The second-order valence-corrected chi connectivity index (χ2v) is 7.59. The van der Waals surface area contributed by atoms with Crippen LogP contribution in [0, 0.1) is 12.7 Å². The van der Waals surface area contributed by atoms with Gasteiger partial charge in [0.1, 0.15) is 5.82 Å². The van der Waals surface area contributed by atoms with Gasteiger partial charge in [0.05, 0.1) is 10.6 Å². The number of rotatable bonds is 7. The van der Waals surface area contributed by atoms with Crippen LogP contribution in [-0.2, 0) is 13.1 Å². The Morgan fingerprint density at radius 3 is 2.22 bits per heavy atom. The first kappa shape index (κ1) is 19.7. The standard InChI is InChI=1S/C23H23BrFNO/c1-17-12-13-21(24)23(25)20(17)15-26(14-18-8-4-2-5-9-18)16-22(27)19-10-6-3-7-11-19/h2-13,22,27H,14-16H2,1H3. The molecule has 4 heteroatoms. The van der Waals surface area contributed by atoms with Crippen molar-refractivity contribution in [2.24, 2.45) is 0 Å². The van der Waals surface area contributed by atoms with Crippen molar-refractivity contribution in [2.75, 3.05) is 6.54 Å². The predicted molar refractivity (Wildman–Crippen MR) is 111 cm³/mol. The predicted octanol–water partition coefficient (Wildman–Crippen LogP) is 5.63. The summed E-state index contributed by atoms with van der Waals surface area (Å²) in [4.78, 5) is 2.09. The molecular weight excluding hydrogens is 405 g/mol. The fourth-order valence-corrected chi connectivity index (χ4v) is 3.53. The molecule has 1 unspecified atom stereocenters. The Balaban J connectivity index is 1.85. The molecule has 0 aliphatic carbocycles. The average molecular weight is 428 g/mol. The quantitative estimate of drug-likeness (QED) is 0.527. The highest BCUT2D eigenvalue weighted by atomic mass is 79.9. The number of benzene rings is 3. The molecule has 1 N–H and O–H groups in total. The highest BCUT2D eigenvalue weighted by Gasteiger charge is 2.18. The molecule has 0 bridgehead atoms. The zero-order valence-corrected chi connectivity index (χ0v) is 16.9. The Labute approximate surface area is 168 Å². The minimum Gasteiger partial charge on any atom is -0.387 e. The Kier molecular flexibility index (Phi) is 6.78. The number of hydrogen-bond acceptors (Lipinski definition) is 2. The van der Waals surface area contributed by atoms with Gasteiger partial charge in [0, 0.05) is 25.2 Å². The van der Waals surface area contributed by atoms with Crippen molar-refractivity contribution in [3.8, 4) is 0 Å². The topological polar surface area (TPSA) is 23.5 Å². The lowest BCUT2D eigenvalue weighted by Gasteiger charge is -2.26. The Morgan fingerprint density at radius 2 is 1.56 bits per heavy atom. The van der Waals surface area contributed by atoms with Crippen LogP contribution in [0.4, 0.5) is 4.39 Å². The third kappa shape index (κ3) is 5.25. The van der Waals surface area contributed by atoms with E-state index in [0.717, 1.165) is 16.7 Å². The van der Waals surface area contributed by atoms with E-state index in [4.69, 9.17) is 0 Å². The van der Waals surface area contributed by atoms with E-state index in [2.05, 4.69) is 20.8 Å². The lowest BCUT2D eigenvalue weighted by atomic mass is 10.1. The molecule has 27 heavy (non-hydrogen) atoms. The maximum absolute atomic E-state index is 14.7. The molecule has 0 saturated heterocycles. The minimum atomic E-state index is -0.634. The fourth-order valence-electron chi connectivity index (χ4n) is 3.16. The van der Waals surface area contributed by atoms with Crippen molar-refractivity contribution < 1.29 is 9.50 Å². The third-order valence-electron chi connectivity index (χ3n) is 4.68. The highest BCUT2D eigenvalue weighted by molar-refractivity contribution is 9.10. The van der Waals surface area contributed by atoms with Crippen LogP contribution in [0.3, 0.4) is 0 Å². The SMILES string of the molecule is Cc1ccc(Br)c(F)c1CN(Cc1ccccc1)CC(O)c1ccccc1. The minimum absolute atomic E-state index is 0.234. The Morgan fingerprint density at radius 1 is 0.926 bits per heavy atom. The smallest absolute Gasteiger partial charge is 0.142 e. The van der Waals surface area contributed by atoms with Crippen molar-refractivity contribution in [3.05, 3.63) is 105 Å². The summed E-state index contributed by atoms with van der Waals surface area (Å²) < 4.78 is 15.2. The molecule has 140 valence electrons. The number of hydrogen-bond donors (Lipinski definition) is 1. The van der Waals surface area contributed by atoms with Crippen molar-refractivity contribution in [1.29, 1.82) is 0 Å². The van der Waals surface area contributed by atoms with E-state index in [-0.39, 0.29) is 5.82 Å². The molecule has 0 aliphatic rings. The molecule has 3 rings (SSSR count). The van der Waals surface area contributed by atoms with E-state index >= 15 is 0 Å². The van der Waals surface area contributed by atoms with Crippen molar-refractivity contribution in [1.82, 2.24) is 4.90 Å². The number of aliphatic hydroxyl groups excluding tert-OH is 1. The van der Waals surface area contributed by atoms with Gasteiger partial charge in [0.15, 0.2) is 0 Å². The summed E-state index contributed by atoms with van der Waals surface area (Å²) in [5.74, 6) is -0.234. The van der Waals surface area contributed by atoms with Crippen LogP contribution in [0.15, 0.2) is 77.3 Å². The van der Waals surface area contributed by atoms with Crippen LogP contribution in [0.2, 0.25) is 0 Å². The van der Waals surface area contributed by atoms with Gasteiger partial charge in [-0.05, 0) is 45.6 Å². The second-order valence-electron chi connectivity index (χ2n) is 6.74. The molecule has 0 spiro atoms. The van der Waals surface area contributed by atoms with Gasteiger partial charge in [-0.25, -0.2) is 4.39 Å². The largest absolute Gasteiger partial charge is 0.387 e. The van der Waals surface area contributed by atoms with Crippen molar-refractivity contribution >= 4 is 15.9 Å². The molecule has 0 fully saturated rings. The summed E-state index contributed by atoms with van der Waals surface area (Å²) in [5, 5.41) is 10.7. The maximum Gasteiger partial charge on any atom is 0.142 e. The van der Waals surface area contributed by atoms with Gasteiger partial charge in [-0.3, -0.25) is 4.90 Å². The average Bonchev–Trinajstić information content (AvgIpc) is 2.69. The summed E-state index contributed by atoms with van der Waals surface area (Å²) in [6.45, 7) is 3.40. The Hall–Kier alpha value is -2.01.